The Bertz CT molecular complexity index is 321. The standard InChI is InChI=1S/C9H15N5O2/c15-9(8-7-11-13-12-8)10-1-2-14-3-5-16-6-4-14/h7H,1-6H2,(H,10,15)(H,11,12,13). The van der Waals surface area contributed by atoms with Crippen molar-refractivity contribution in [3.8, 4) is 0 Å². The Hall–Kier alpha value is -1.47. The van der Waals surface area contributed by atoms with Gasteiger partial charge >= 0.3 is 0 Å². The highest BCUT2D eigenvalue weighted by Crippen LogP contribution is 1.95. The molecule has 0 aromatic carbocycles. The largest absolute Gasteiger partial charge is 0.379 e. The maximum Gasteiger partial charge on any atom is 0.273 e. The molecule has 1 aromatic rings. The number of morpholine rings is 1. The molecule has 1 aliphatic heterocycles. The number of hydrogen-bond acceptors (Lipinski definition) is 5. The minimum atomic E-state index is -0.193. The van der Waals surface area contributed by atoms with E-state index in [-0.39, 0.29) is 5.91 Å². The van der Waals surface area contributed by atoms with Gasteiger partial charge in [0.05, 0.1) is 19.4 Å². The lowest BCUT2D eigenvalue weighted by molar-refractivity contribution is 0.0383. The fourth-order valence-electron chi connectivity index (χ4n) is 1.55. The first kappa shape index (κ1) is 11.0. The minimum absolute atomic E-state index is 0.193. The monoisotopic (exact) mass is 225 g/mol. The lowest BCUT2D eigenvalue weighted by atomic mass is 10.4. The molecule has 1 aliphatic rings. The van der Waals surface area contributed by atoms with Crippen LogP contribution in [0, 0.1) is 0 Å². The summed E-state index contributed by atoms with van der Waals surface area (Å²) in [5.74, 6) is -0.193. The first-order valence-corrected chi connectivity index (χ1v) is 5.30. The quantitative estimate of drug-likeness (QED) is 0.677. The SMILES string of the molecule is O=C(NCCN1CCOCC1)c1cn[nH]n1. The van der Waals surface area contributed by atoms with Crippen LogP contribution in [0.2, 0.25) is 0 Å². The Labute approximate surface area is 93.2 Å². The molecule has 0 atom stereocenters. The number of carbonyl (C=O) groups is 1. The first-order valence-electron chi connectivity index (χ1n) is 5.30. The molecule has 2 N–H and O–H groups in total. The Balaban J connectivity index is 1.66. The molecule has 1 aromatic heterocycles. The van der Waals surface area contributed by atoms with Gasteiger partial charge in [-0.25, -0.2) is 0 Å². The van der Waals surface area contributed by atoms with Gasteiger partial charge < -0.3 is 10.1 Å². The summed E-state index contributed by atoms with van der Waals surface area (Å²) in [7, 11) is 0. The molecule has 1 saturated heterocycles. The van der Waals surface area contributed by atoms with Crippen LogP contribution in [-0.4, -0.2) is 65.6 Å². The van der Waals surface area contributed by atoms with Crippen LogP contribution in [0.1, 0.15) is 10.5 Å². The molecular weight excluding hydrogens is 210 g/mol. The van der Waals surface area contributed by atoms with Gasteiger partial charge in [-0.1, -0.05) is 0 Å². The number of carbonyl (C=O) groups excluding carboxylic acids is 1. The van der Waals surface area contributed by atoms with Gasteiger partial charge in [0.1, 0.15) is 0 Å². The Kier molecular flexibility index (Phi) is 3.84. The third-order valence-corrected chi connectivity index (χ3v) is 2.46. The maximum absolute atomic E-state index is 11.5. The summed E-state index contributed by atoms with van der Waals surface area (Å²) < 4.78 is 5.23. The number of rotatable bonds is 4. The van der Waals surface area contributed by atoms with Gasteiger partial charge in [0, 0.05) is 26.2 Å². The zero-order chi connectivity index (χ0) is 11.2. The predicted octanol–water partition coefficient (Wildman–Crippen LogP) is -1.13. The van der Waals surface area contributed by atoms with Crippen LogP contribution in [0.15, 0.2) is 6.20 Å². The summed E-state index contributed by atoms with van der Waals surface area (Å²) in [5.41, 5.74) is 0.321. The number of amides is 1. The molecule has 0 radical (unpaired) electrons. The summed E-state index contributed by atoms with van der Waals surface area (Å²) >= 11 is 0. The van der Waals surface area contributed by atoms with E-state index in [4.69, 9.17) is 4.74 Å². The summed E-state index contributed by atoms with van der Waals surface area (Å²) in [4.78, 5) is 13.7. The molecule has 0 saturated carbocycles. The summed E-state index contributed by atoms with van der Waals surface area (Å²) in [5, 5.41) is 12.5. The normalized spacial score (nSPS) is 17.2. The van der Waals surface area contributed by atoms with Crippen molar-refractivity contribution in [1.82, 2.24) is 25.6 Å². The number of ether oxygens (including phenoxy) is 1. The fourth-order valence-corrected chi connectivity index (χ4v) is 1.55. The summed E-state index contributed by atoms with van der Waals surface area (Å²) in [6, 6.07) is 0. The zero-order valence-electron chi connectivity index (χ0n) is 8.98. The van der Waals surface area contributed by atoms with Crippen molar-refractivity contribution in [2.75, 3.05) is 39.4 Å². The van der Waals surface area contributed by atoms with Gasteiger partial charge in [0.25, 0.3) is 5.91 Å². The highest BCUT2D eigenvalue weighted by Gasteiger charge is 2.11. The van der Waals surface area contributed by atoms with Crippen LogP contribution in [0.5, 0.6) is 0 Å². The molecule has 2 rings (SSSR count). The average molecular weight is 225 g/mol. The molecule has 0 spiro atoms. The molecule has 0 bridgehead atoms. The smallest absolute Gasteiger partial charge is 0.273 e. The van der Waals surface area contributed by atoms with E-state index in [1.54, 1.807) is 0 Å². The van der Waals surface area contributed by atoms with Crippen LogP contribution in [-0.2, 0) is 4.74 Å². The lowest BCUT2D eigenvalue weighted by Gasteiger charge is -2.26. The number of nitrogens with zero attached hydrogens (tertiary/aromatic N) is 3. The molecule has 1 amide bonds. The number of hydrogen-bond donors (Lipinski definition) is 2. The minimum Gasteiger partial charge on any atom is -0.379 e. The number of nitrogens with one attached hydrogen (secondary N) is 2. The summed E-state index contributed by atoms with van der Waals surface area (Å²) in [6.07, 6.45) is 1.41. The van der Waals surface area contributed by atoms with Crippen LogP contribution in [0.4, 0.5) is 0 Å². The van der Waals surface area contributed by atoms with E-state index in [1.165, 1.54) is 6.20 Å². The summed E-state index contributed by atoms with van der Waals surface area (Å²) in [6.45, 7) is 4.87. The van der Waals surface area contributed by atoms with E-state index in [0.29, 0.717) is 12.2 Å². The molecule has 0 aliphatic carbocycles. The van der Waals surface area contributed by atoms with Gasteiger partial charge in [0.15, 0.2) is 5.69 Å². The second-order valence-electron chi connectivity index (χ2n) is 3.57. The molecule has 0 unspecified atom stereocenters. The van der Waals surface area contributed by atoms with E-state index >= 15 is 0 Å². The highest BCUT2D eigenvalue weighted by molar-refractivity contribution is 5.91. The van der Waals surface area contributed by atoms with Crippen LogP contribution in [0.25, 0.3) is 0 Å². The van der Waals surface area contributed by atoms with E-state index < -0.39 is 0 Å². The van der Waals surface area contributed by atoms with Crippen LogP contribution < -0.4 is 5.32 Å². The van der Waals surface area contributed by atoms with Gasteiger partial charge in [-0.2, -0.15) is 15.4 Å². The third kappa shape index (κ3) is 3.01. The van der Waals surface area contributed by atoms with Crippen molar-refractivity contribution in [3.63, 3.8) is 0 Å². The zero-order valence-corrected chi connectivity index (χ0v) is 8.98. The van der Waals surface area contributed by atoms with E-state index in [1.807, 2.05) is 0 Å². The first-order chi connectivity index (χ1) is 7.86. The topological polar surface area (TPSA) is 83.1 Å². The second kappa shape index (κ2) is 5.57. The van der Waals surface area contributed by atoms with Crippen molar-refractivity contribution in [1.29, 1.82) is 0 Å². The molecule has 7 heteroatoms. The average Bonchev–Trinajstić information content (AvgIpc) is 2.84. The number of aromatic amines is 1. The molecule has 16 heavy (non-hydrogen) atoms. The number of aromatic nitrogens is 3. The molecule has 1 fully saturated rings. The Morgan fingerprint density at radius 3 is 3.06 bits per heavy atom. The van der Waals surface area contributed by atoms with Crippen molar-refractivity contribution in [3.05, 3.63) is 11.9 Å². The predicted molar refractivity (Wildman–Crippen MR) is 56.0 cm³/mol. The molecule has 2 heterocycles. The molecular formula is C9H15N5O2. The maximum atomic E-state index is 11.5. The van der Waals surface area contributed by atoms with Crippen molar-refractivity contribution in [2.24, 2.45) is 0 Å². The van der Waals surface area contributed by atoms with Gasteiger partial charge in [0.2, 0.25) is 0 Å². The van der Waals surface area contributed by atoms with Crippen LogP contribution >= 0.6 is 0 Å². The molecule has 7 nitrogen and oxygen atoms in total. The lowest BCUT2D eigenvalue weighted by Crippen LogP contribution is -2.41. The van der Waals surface area contributed by atoms with Crippen molar-refractivity contribution >= 4 is 5.91 Å². The van der Waals surface area contributed by atoms with Crippen molar-refractivity contribution in [2.45, 2.75) is 0 Å². The van der Waals surface area contributed by atoms with Gasteiger partial charge in [-0.15, -0.1) is 0 Å². The Morgan fingerprint density at radius 2 is 2.38 bits per heavy atom. The van der Waals surface area contributed by atoms with Crippen LogP contribution in [0.3, 0.4) is 0 Å². The molecule has 88 valence electrons. The van der Waals surface area contributed by atoms with Crippen molar-refractivity contribution < 1.29 is 9.53 Å². The van der Waals surface area contributed by atoms with E-state index in [0.717, 1.165) is 32.8 Å². The number of H-pyrrole nitrogens is 1. The van der Waals surface area contributed by atoms with Gasteiger partial charge in [-0.3, -0.25) is 9.69 Å². The van der Waals surface area contributed by atoms with Gasteiger partial charge in [-0.05, 0) is 0 Å². The fraction of sp³-hybridized carbons (Fsp3) is 0.667. The second-order valence-corrected chi connectivity index (χ2v) is 3.57. The van der Waals surface area contributed by atoms with E-state index in [9.17, 15) is 4.79 Å². The van der Waals surface area contributed by atoms with E-state index in [2.05, 4.69) is 25.6 Å². The highest BCUT2D eigenvalue weighted by atomic mass is 16.5. The Morgan fingerprint density at radius 1 is 1.56 bits per heavy atom. The third-order valence-electron chi connectivity index (χ3n) is 2.46.